The van der Waals surface area contributed by atoms with Crippen LogP contribution in [0.1, 0.15) is 21.7 Å². The second-order valence-electron chi connectivity index (χ2n) is 5.14. The summed E-state index contributed by atoms with van der Waals surface area (Å²) in [5, 5.41) is 11.8. The van der Waals surface area contributed by atoms with Crippen molar-refractivity contribution in [1.29, 1.82) is 0 Å². The number of nitrogens with one attached hydrogen (secondary N) is 2. The number of nitrogens with zero attached hydrogens (tertiary/aromatic N) is 1. The first-order chi connectivity index (χ1) is 10.1. The Morgan fingerprint density at radius 2 is 2.14 bits per heavy atom. The molecule has 0 radical (unpaired) electrons. The van der Waals surface area contributed by atoms with Gasteiger partial charge in [-0.05, 0) is 18.6 Å². The molecule has 2 rings (SSSR count). The molecule has 1 amide bonds. The summed E-state index contributed by atoms with van der Waals surface area (Å²) in [5.41, 5.74) is 1.40. The molecule has 21 heavy (non-hydrogen) atoms. The molecule has 0 spiro atoms. The summed E-state index contributed by atoms with van der Waals surface area (Å²) >= 11 is 0. The number of rotatable bonds is 6. The maximum absolute atomic E-state index is 11.8. The molecule has 1 aliphatic heterocycles. The summed E-state index contributed by atoms with van der Waals surface area (Å²) < 4.78 is 5.26. The van der Waals surface area contributed by atoms with Crippen LogP contribution in [0.5, 0.6) is 0 Å². The molecular weight excluding hydrogens is 274 g/mol. The normalized spacial score (nSPS) is 15.9. The third kappa shape index (κ3) is 4.57. The quantitative estimate of drug-likeness (QED) is 0.687. The molecule has 0 saturated carbocycles. The Bertz CT molecular complexity index is 506. The standard InChI is InChI=1S/C14H21N3O4/c1-10-8-11(16-13(10)14(19)20)9-12(18)15-2-3-17-4-6-21-7-5-17/h8,16H,2-7,9H2,1H3,(H,15,18)(H,19,20). The van der Waals surface area contributed by atoms with E-state index in [1.54, 1.807) is 13.0 Å². The number of morpholine rings is 1. The van der Waals surface area contributed by atoms with E-state index >= 15 is 0 Å². The maximum Gasteiger partial charge on any atom is 0.352 e. The molecule has 3 N–H and O–H groups in total. The Labute approximate surface area is 123 Å². The van der Waals surface area contributed by atoms with E-state index in [-0.39, 0.29) is 18.0 Å². The molecule has 0 aromatic carbocycles. The van der Waals surface area contributed by atoms with Crippen LogP contribution >= 0.6 is 0 Å². The first-order valence-corrected chi connectivity index (χ1v) is 7.05. The van der Waals surface area contributed by atoms with Gasteiger partial charge in [0, 0.05) is 31.9 Å². The third-order valence-electron chi connectivity index (χ3n) is 3.49. The minimum Gasteiger partial charge on any atom is -0.477 e. The van der Waals surface area contributed by atoms with Gasteiger partial charge in [-0.15, -0.1) is 0 Å². The lowest BCUT2D eigenvalue weighted by Gasteiger charge is -2.26. The zero-order valence-electron chi connectivity index (χ0n) is 12.1. The van der Waals surface area contributed by atoms with Gasteiger partial charge in [-0.3, -0.25) is 9.69 Å². The fourth-order valence-corrected chi connectivity index (χ4v) is 2.36. The Morgan fingerprint density at radius 3 is 2.76 bits per heavy atom. The van der Waals surface area contributed by atoms with E-state index in [0.29, 0.717) is 17.8 Å². The molecule has 7 nitrogen and oxygen atoms in total. The van der Waals surface area contributed by atoms with E-state index in [9.17, 15) is 9.59 Å². The summed E-state index contributed by atoms with van der Waals surface area (Å²) in [6.07, 6.45) is 0.164. The van der Waals surface area contributed by atoms with Gasteiger partial charge in [-0.1, -0.05) is 0 Å². The van der Waals surface area contributed by atoms with Gasteiger partial charge in [0.1, 0.15) is 5.69 Å². The Balaban J connectivity index is 1.74. The van der Waals surface area contributed by atoms with Crippen LogP contribution in [0.4, 0.5) is 0 Å². The lowest BCUT2D eigenvalue weighted by Crippen LogP contribution is -2.41. The molecule has 2 heterocycles. The van der Waals surface area contributed by atoms with Gasteiger partial charge < -0.3 is 20.1 Å². The van der Waals surface area contributed by atoms with E-state index in [2.05, 4.69) is 15.2 Å². The number of aromatic carboxylic acids is 1. The fourth-order valence-electron chi connectivity index (χ4n) is 2.36. The monoisotopic (exact) mass is 295 g/mol. The molecule has 1 saturated heterocycles. The molecule has 0 bridgehead atoms. The summed E-state index contributed by atoms with van der Waals surface area (Å²) in [6.45, 7) is 6.38. The molecule has 0 aliphatic carbocycles. The van der Waals surface area contributed by atoms with Crippen molar-refractivity contribution in [2.75, 3.05) is 39.4 Å². The van der Waals surface area contributed by atoms with Crippen molar-refractivity contribution in [2.45, 2.75) is 13.3 Å². The highest BCUT2D eigenvalue weighted by Crippen LogP contribution is 2.10. The zero-order valence-corrected chi connectivity index (χ0v) is 12.1. The molecular formula is C14H21N3O4. The second-order valence-corrected chi connectivity index (χ2v) is 5.14. The van der Waals surface area contributed by atoms with Gasteiger partial charge in [0.2, 0.25) is 5.91 Å². The number of ether oxygens (including phenoxy) is 1. The van der Waals surface area contributed by atoms with Crippen molar-refractivity contribution in [3.05, 3.63) is 23.0 Å². The third-order valence-corrected chi connectivity index (χ3v) is 3.49. The van der Waals surface area contributed by atoms with Gasteiger partial charge in [0.15, 0.2) is 0 Å². The van der Waals surface area contributed by atoms with Crippen molar-refractivity contribution in [1.82, 2.24) is 15.2 Å². The second kappa shape index (κ2) is 7.24. The van der Waals surface area contributed by atoms with Crippen LogP contribution in [-0.4, -0.2) is 66.3 Å². The van der Waals surface area contributed by atoms with Gasteiger partial charge in [0.05, 0.1) is 19.6 Å². The minimum absolute atomic E-state index is 0.110. The summed E-state index contributed by atoms with van der Waals surface area (Å²) in [5.74, 6) is -1.12. The van der Waals surface area contributed by atoms with Crippen LogP contribution in [0.15, 0.2) is 6.07 Å². The number of carboxylic acids is 1. The molecule has 0 atom stereocenters. The van der Waals surface area contributed by atoms with Crippen LogP contribution in [-0.2, 0) is 16.0 Å². The van der Waals surface area contributed by atoms with Crippen molar-refractivity contribution in [3.63, 3.8) is 0 Å². The van der Waals surface area contributed by atoms with Crippen LogP contribution in [0, 0.1) is 6.92 Å². The lowest BCUT2D eigenvalue weighted by molar-refractivity contribution is -0.120. The molecule has 1 aromatic rings. The van der Waals surface area contributed by atoms with E-state index in [4.69, 9.17) is 9.84 Å². The van der Waals surface area contributed by atoms with E-state index in [0.717, 1.165) is 32.8 Å². The maximum atomic E-state index is 11.8. The fraction of sp³-hybridized carbons (Fsp3) is 0.571. The minimum atomic E-state index is -1.01. The molecule has 7 heteroatoms. The number of H-pyrrole nitrogens is 1. The summed E-state index contributed by atoms with van der Waals surface area (Å²) in [4.78, 5) is 27.7. The molecule has 116 valence electrons. The van der Waals surface area contributed by atoms with Crippen LogP contribution < -0.4 is 5.32 Å². The molecule has 1 fully saturated rings. The number of carbonyl (C=O) groups excluding carboxylic acids is 1. The van der Waals surface area contributed by atoms with Crippen LogP contribution in [0.2, 0.25) is 0 Å². The molecule has 1 aliphatic rings. The number of amides is 1. The number of hydrogen-bond donors (Lipinski definition) is 3. The van der Waals surface area contributed by atoms with Crippen molar-refractivity contribution >= 4 is 11.9 Å². The Hall–Kier alpha value is -1.86. The average Bonchev–Trinajstić information content (AvgIpc) is 2.81. The van der Waals surface area contributed by atoms with Crippen LogP contribution in [0.25, 0.3) is 0 Å². The Kier molecular flexibility index (Phi) is 5.35. The van der Waals surface area contributed by atoms with E-state index < -0.39 is 5.97 Å². The van der Waals surface area contributed by atoms with Crippen molar-refractivity contribution in [3.8, 4) is 0 Å². The Morgan fingerprint density at radius 1 is 1.43 bits per heavy atom. The smallest absolute Gasteiger partial charge is 0.352 e. The van der Waals surface area contributed by atoms with Crippen molar-refractivity contribution < 1.29 is 19.4 Å². The predicted octanol–water partition coefficient (Wildman–Crippen LogP) is 0.0122. The highest BCUT2D eigenvalue weighted by molar-refractivity contribution is 5.88. The van der Waals surface area contributed by atoms with Gasteiger partial charge in [0.25, 0.3) is 0 Å². The number of aromatic amines is 1. The van der Waals surface area contributed by atoms with Crippen molar-refractivity contribution in [2.24, 2.45) is 0 Å². The van der Waals surface area contributed by atoms with Gasteiger partial charge in [-0.25, -0.2) is 4.79 Å². The average molecular weight is 295 g/mol. The first-order valence-electron chi connectivity index (χ1n) is 7.05. The molecule has 0 unspecified atom stereocenters. The van der Waals surface area contributed by atoms with E-state index in [1.807, 2.05) is 0 Å². The highest BCUT2D eigenvalue weighted by Gasteiger charge is 2.14. The predicted molar refractivity (Wildman–Crippen MR) is 76.5 cm³/mol. The first kappa shape index (κ1) is 15.5. The lowest BCUT2D eigenvalue weighted by atomic mass is 10.2. The zero-order chi connectivity index (χ0) is 15.2. The van der Waals surface area contributed by atoms with Gasteiger partial charge in [-0.2, -0.15) is 0 Å². The van der Waals surface area contributed by atoms with Gasteiger partial charge >= 0.3 is 5.97 Å². The number of carboxylic acid groups (broad SMARTS) is 1. The highest BCUT2D eigenvalue weighted by atomic mass is 16.5. The number of aromatic nitrogens is 1. The number of carbonyl (C=O) groups is 2. The largest absolute Gasteiger partial charge is 0.477 e. The molecule has 1 aromatic heterocycles. The van der Waals surface area contributed by atoms with E-state index in [1.165, 1.54) is 0 Å². The SMILES string of the molecule is Cc1cc(CC(=O)NCCN2CCOCC2)[nH]c1C(=O)O. The number of hydrogen-bond acceptors (Lipinski definition) is 4. The number of aryl methyl sites for hydroxylation is 1. The van der Waals surface area contributed by atoms with Crippen LogP contribution in [0.3, 0.4) is 0 Å². The summed E-state index contributed by atoms with van der Waals surface area (Å²) in [7, 11) is 0. The summed E-state index contributed by atoms with van der Waals surface area (Å²) in [6, 6.07) is 1.70. The topological polar surface area (TPSA) is 94.7 Å².